The Kier molecular flexibility index (Phi) is 5.02. The minimum Gasteiger partial charge on any atom is -0.375 e. The van der Waals surface area contributed by atoms with Crippen LogP contribution in [0.2, 0.25) is 10.0 Å². The molecule has 1 unspecified atom stereocenters. The SMILES string of the molecule is O=C(CC1(O)C(=O)N(Cc2ccc(Cl)c(Cl)c2)c2ccccc21)c1cccs1. The molecule has 2 heterocycles. The Balaban J connectivity index is 1.69. The van der Waals surface area contributed by atoms with Crippen LogP contribution in [0.4, 0.5) is 5.69 Å². The third kappa shape index (κ3) is 3.25. The second kappa shape index (κ2) is 7.33. The normalized spacial score (nSPS) is 18.4. The number of amides is 1. The molecule has 0 spiro atoms. The van der Waals surface area contributed by atoms with Crippen molar-refractivity contribution in [3.8, 4) is 0 Å². The summed E-state index contributed by atoms with van der Waals surface area (Å²) >= 11 is 13.3. The van der Waals surface area contributed by atoms with Gasteiger partial charge in [0.2, 0.25) is 0 Å². The second-order valence-electron chi connectivity index (χ2n) is 6.59. The summed E-state index contributed by atoms with van der Waals surface area (Å²) in [4.78, 5) is 27.8. The molecule has 1 amide bonds. The Labute approximate surface area is 175 Å². The summed E-state index contributed by atoms with van der Waals surface area (Å²) in [5.74, 6) is -0.790. The molecule has 7 heteroatoms. The lowest BCUT2D eigenvalue weighted by Gasteiger charge is -2.22. The highest BCUT2D eigenvalue weighted by Crippen LogP contribution is 2.43. The number of nitrogens with zero attached hydrogens (tertiary/aromatic N) is 1. The summed E-state index contributed by atoms with van der Waals surface area (Å²) < 4.78 is 0. The number of ketones is 1. The molecule has 3 aromatic rings. The number of anilines is 1. The summed E-state index contributed by atoms with van der Waals surface area (Å²) in [6, 6.07) is 15.6. The number of carbonyl (C=O) groups is 2. The van der Waals surface area contributed by atoms with Crippen molar-refractivity contribution in [2.24, 2.45) is 0 Å². The van der Waals surface area contributed by atoms with Crippen LogP contribution >= 0.6 is 34.5 Å². The number of benzene rings is 2. The predicted molar refractivity (Wildman–Crippen MR) is 111 cm³/mol. The fraction of sp³-hybridized carbons (Fsp3) is 0.143. The van der Waals surface area contributed by atoms with Gasteiger partial charge in [-0.2, -0.15) is 0 Å². The van der Waals surface area contributed by atoms with E-state index in [-0.39, 0.29) is 18.7 Å². The van der Waals surface area contributed by atoms with Crippen molar-refractivity contribution in [3.05, 3.63) is 86.0 Å². The first kappa shape index (κ1) is 19.2. The second-order valence-corrected chi connectivity index (χ2v) is 8.36. The fourth-order valence-electron chi connectivity index (χ4n) is 3.41. The maximum atomic E-state index is 13.2. The van der Waals surface area contributed by atoms with Crippen LogP contribution in [0.1, 0.15) is 27.2 Å². The van der Waals surface area contributed by atoms with Gasteiger partial charge in [-0.25, -0.2) is 0 Å². The molecule has 1 atom stereocenters. The third-order valence-electron chi connectivity index (χ3n) is 4.78. The largest absolute Gasteiger partial charge is 0.375 e. The van der Waals surface area contributed by atoms with Crippen LogP contribution in [0.25, 0.3) is 0 Å². The van der Waals surface area contributed by atoms with Crippen molar-refractivity contribution in [2.75, 3.05) is 4.90 Å². The maximum absolute atomic E-state index is 13.2. The van der Waals surface area contributed by atoms with Gasteiger partial charge in [0.1, 0.15) is 0 Å². The van der Waals surface area contributed by atoms with Gasteiger partial charge >= 0.3 is 0 Å². The van der Waals surface area contributed by atoms with Gasteiger partial charge in [-0.1, -0.05) is 53.5 Å². The van der Waals surface area contributed by atoms with Gasteiger partial charge in [0.15, 0.2) is 11.4 Å². The number of hydrogen-bond acceptors (Lipinski definition) is 4. The number of para-hydroxylation sites is 1. The van der Waals surface area contributed by atoms with Crippen LogP contribution in [-0.2, 0) is 16.9 Å². The lowest BCUT2D eigenvalue weighted by Crippen LogP contribution is -2.41. The predicted octanol–water partition coefficient (Wildman–Crippen LogP) is 5.06. The molecule has 28 heavy (non-hydrogen) atoms. The van der Waals surface area contributed by atoms with E-state index in [0.717, 1.165) is 5.56 Å². The average molecular weight is 432 g/mol. The molecule has 0 aliphatic carbocycles. The van der Waals surface area contributed by atoms with E-state index in [9.17, 15) is 14.7 Å². The molecule has 142 valence electrons. The van der Waals surface area contributed by atoms with Crippen molar-refractivity contribution in [1.29, 1.82) is 0 Å². The third-order valence-corrected chi connectivity index (χ3v) is 6.43. The van der Waals surface area contributed by atoms with Crippen molar-refractivity contribution in [3.63, 3.8) is 0 Å². The molecular weight excluding hydrogens is 417 g/mol. The van der Waals surface area contributed by atoms with Crippen LogP contribution in [-0.4, -0.2) is 16.8 Å². The van der Waals surface area contributed by atoms with E-state index in [4.69, 9.17) is 23.2 Å². The maximum Gasteiger partial charge on any atom is 0.264 e. The Hall–Kier alpha value is -2.18. The quantitative estimate of drug-likeness (QED) is 0.574. The molecule has 4 nitrogen and oxygen atoms in total. The van der Waals surface area contributed by atoms with Gasteiger partial charge in [-0.15, -0.1) is 11.3 Å². The van der Waals surface area contributed by atoms with Crippen LogP contribution < -0.4 is 4.90 Å². The van der Waals surface area contributed by atoms with E-state index in [0.29, 0.717) is 26.2 Å². The van der Waals surface area contributed by atoms with E-state index in [1.165, 1.54) is 16.2 Å². The average Bonchev–Trinajstić information content (AvgIpc) is 3.28. The van der Waals surface area contributed by atoms with Crippen molar-refractivity contribution < 1.29 is 14.7 Å². The molecule has 1 aliphatic rings. The first-order valence-corrected chi connectivity index (χ1v) is 10.2. The number of carbonyl (C=O) groups excluding carboxylic acids is 2. The summed E-state index contributed by atoms with van der Waals surface area (Å²) in [5.41, 5.74) is -0.107. The van der Waals surface area contributed by atoms with Gasteiger partial charge in [-0.05, 0) is 35.2 Å². The highest BCUT2D eigenvalue weighted by atomic mass is 35.5. The molecule has 4 rings (SSSR count). The Morgan fingerprint density at radius 1 is 1.07 bits per heavy atom. The Morgan fingerprint density at radius 2 is 1.86 bits per heavy atom. The first-order chi connectivity index (χ1) is 13.4. The number of rotatable bonds is 5. The minimum atomic E-state index is -1.89. The fourth-order valence-corrected chi connectivity index (χ4v) is 4.40. The molecule has 0 bridgehead atoms. The molecule has 1 aromatic heterocycles. The highest BCUT2D eigenvalue weighted by Gasteiger charge is 2.50. The number of aliphatic hydroxyl groups is 1. The minimum absolute atomic E-state index is 0.211. The lowest BCUT2D eigenvalue weighted by atomic mass is 9.89. The zero-order valence-electron chi connectivity index (χ0n) is 14.6. The van der Waals surface area contributed by atoms with E-state index in [1.54, 1.807) is 60.0 Å². The number of halogens is 2. The standard InChI is InChI=1S/C21H15Cl2NO3S/c22-15-8-7-13(10-16(15)23)12-24-17-5-2-1-4-14(17)21(27,20(24)26)11-18(25)19-6-3-9-28-19/h1-10,27H,11-12H2. The van der Waals surface area contributed by atoms with E-state index >= 15 is 0 Å². The zero-order chi connectivity index (χ0) is 19.9. The number of Topliss-reactive ketones (excluding diaryl/α,β-unsaturated/α-hetero) is 1. The van der Waals surface area contributed by atoms with Crippen molar-refractivity contribution in [2.45, 2.75) is 18.6 Å². The zero-order valence-corrected chi connectivity index (χ0v) is 16.9. The van der Waals surface area contributed by atoms with Gasteiger partial charge < -0.3 is 10.0 Å². The molecule has 2 aromatic carbocycles. The van der Waals surface area contributed by atoms with Crippen LogP contribution in [0.15, 0.2) is 60.0 Å². The number of thiophene rings is 1. The van der Waals surface area contributed by atoms with Gasteiger partial charge in [0.05, 0.1) is 33.6 Å². The van der Waals surface area contributed by atoms with E-state index in [2.05, 4.69) is 0 Å². The van der Waals surface area contributed by atoms with E-state index < -0.39 is 11.5 Å². The number of fused-ring (bicyclic) bond motifs is 1. The first-order valence-electron chi connectivity index (χ1n) is 8.54. The highest BCUT2D eigenvalue weighted by molar-refractivity contribution is 7.12. The molecule has 1 aliphatic heterocycles. The van der Waals surface area contributed by atoms with Crippen molar-refractivity contribution in [1.82, 2.24) is 0 Å². The molecule has 1 N–H and O–H groups in total. The van der Waals surface area contributed by atoms with Gasteiger partial charge in [-0.3, -0.25) is 9.59 Å². The van der Waals surface area contributed by atoms with Crippen LogP contribution in [0.5, 0.6) is 0 Å². The molecule has 0 fully saturated rings. The monoisotopic (exact) mass is 431 g/mol. The summed E-state index contributed by atoms with van der Waals surface area (Å²) in [7, 11) is 0. The summed E-state index contributed by atoms with van der Waals surface area (Å²) in [6.45, 7) is 0.211. The Morgan fingerprint density at radius 3 is 2.57 bits per heavy atom. The molecule has 0 radical (unpaired) electrons. The lowest BCUT2D eigenvalue weighted by molar-refractivity contribution is -0.136. The van der Waals surface area contributed by atoms with E-state index in [1.807, 2.05) is 0 Å². The van der Waals surface area contributed by atoms with Crippen LogP contribution in [0.3, 0.4) is 0 Å². The summed E-state index contributed by atoms with van der Waals surface area (Å²) in [6.07, 6.45) is -0.304. The Bertz CT molecular complexity index is 1070. The smallest absolute Gasteiger partial charge is 0.264 e. The van der Waals surface area contributed by atoms with Gasteiger partial charge in [0.25, 0.3) is 5.91 Å². The van der Waals surface area contributed by atoms with Crippen LogP contribution in [0, 0.1) is 0 Å². The molecule has 0 saturated heterocycles. The number of hydrogen-bond donors (Lipinski definition) is 1. The van der Waals surface area contributed by atoms with Gasteiger partial charge in [0, 0.05) is 5.56 Å². The summed E-state index contributed by atoms with van der Waals surface area (Å²) in [5, 5.41) is 13.9. The van der Waals surface area contributed by atoms with Crippen molar-refractivity contribution >= 4 is 51.9 Å². The molecular formula is C21H15Cl2NO3S. The topological polar surface area (TPSA) is 57.6 Å². The molecule has 0 saturated carbocycles.